The number of rotatable bonds is 11. The lowest BCUT2D eigenvalue weighted by molar-refractivity contribution is -0.173. The predicted molar refractivity (Wildman–Crippen MR) is 117 cm³/mol. The zero-order valence-corrected chi connectivity index (χ0v) is 19.0. The molecule has 2 aromatic rings. The maximum atomic E-state index is 13.6. The zero-order chi connectivity index (χ0) is 27.1. The van der Waals surface area contributed by atoms with Gasteiger partial charge in [0.25, 0.3) is 5.56 Å². The first-order valence-corrected chi connectivity index (χ1v) is 10.4. The summed E-state index contributed by atoms with van der Waals surface area (Å²) in [6, 6.07) is 8.01. The van der Waals surface area contributed by atoms with E-state index in [1.54, 1.807) is 35.6 Å². The van der Waals surface area contributed by atoms with Crippen molar-refractivity contribution < 1.29 is 41.4 Å². The molecule has 0 aliphatic carbocycles. The van der Waals surface area contributed by atoms with Crippen molar-refractivity contribution in [2.45, 2.75) is 19.0 Å². The number of para-hydroxylation sites is 1. The number of carbonyl (C=O) groups excluding carboxylic acids is 2. The van der Waals surface area contributed by atoms with E-state index in [1.807, 2.05) is 5.32 Å². The Morgan fingerprint density at radius 3 is 2.17 bits per heavy atom. The van der Waals surface area contributed by atoms with E-state index in [2.05, 4.69) is 5.32 Å². The summed E-state index contributed by atoms with van der Waals surface area (Å²) >= 11 is 0. The van der Waals surface area contributed by atoms with Gasteiger partial charge in [-0.05, 0) is 12.1 Å². The van der Waals surface area contributed by atoms with Gasteiger partial charge in [0.1, 0.15) is 5.69 Å². The highest BCUT2D eigenvalue weighted by atomic mass is 19.4. The summed E-state index contributed by atoms with van der Waals surface area (Å²) < 4.78 is 67.1. The van der Waals surface area contributed by atoms with E-state index >= 15 is 0 Å². The number of hydrogen-bond donors (Lipinski definition) is 4. The topological polar surface area (TPSA) is 134 Å². The molecule has 0 saturated heterocycles. The van der Waals surface area contributed by atoms with Gasteiger partial charge in [-0.1, -0.05) is 18.2 Å². The number of carbonyl (C=O) groups is 3. The molecule has 4 N–H and O–H groups in total. The smallest absolute Gasteiger partial charge is 0.465 e. The number of carboxylic acid groups (broad SMARTS) is 1. The number of hydrogen-bond acceptors (Lipinski definition) is 4. The highest BCUT2D eigenvalue weighted by molar-refractivity contribution is 5.92. The molecule has 0 unspecified atom stereocenters. The summed E-state index contributed by atoms with van der Waals surface area (Å²) in [5.41, 5.74) is -2.82. The van der Waals surface area contributed by atoms with Crippen LogP contribution in [-0.2, 0) is 23.1 Å². The van der Waals surface area contributed by atoms with Crippen LogP contribution < -0.4 is 21.5 Å². The third-order valence-corrected chi connectivity index (χ3v) is 5.27. The Hall–Kier alpha value is -3.91. The molecule has 0 saturated carbocycles. The molecule has 0 aliphatic rings. The highest BCUT2D eigenvalue weighted by Crippen LogP contribution is 2.25. The number of anilines is 1. The summed E-state index contributed by atoms with van der Waals surface area (Å²) in [5, 5.41) is 14.5. The Bertz CT molecular complexity index is 1140. The van der Waals surface area contributed by atoms with Crippen molar-refractivity contribution in [3.05, 3.63) is 46.4 Å². The first-order chi connectivity index (χ1) is 16.8. The molecule has 0 radical (unpaired) electrons. The molecule has 0 fully saturated rings. The predicted octanol–water partition coefficient (Wildman–Crippen LogP) is 1.92. The van der Waals surface area contributed by atoms with Crippen molar-refractivity contribution in [1.29, 1.82) is 0 Å². The number of halogens is 5. The molecule has 198 valence electrons. The van der Waals surface area contributed by atoms with Gasteiger partial charge in [-0.3, -0.25) is 27.8 Å². The third kappa shape index (κ3) is 6.82. The monoisotopic (exact) mass is 521 g/mol. The average molecular weight is 521 g/mol. The molecule has 1 heterocycles. The number of aromatic nitrogens is 2. The van der Waals surface area contributed by atoms with Gasteiger partial charge in [-0.2, -0.15) is 13.2 Å². The Balaban J connectivity index is 2.38. The number of alkyl halides is 5. The quantitative estimate of drug-likeness (QED) is 0.335. The van der Waals surface area contributed by atoms with E-state index in [0.717, 1.165) is 4.68 Å². The summed E-state index contributed by atoms with van der Waals surface area (Å²) in [5.74, 6) is -3.22. The minimum absolute atomic E-state index is 0.0226. The van der Waals surface area contributed by atoms with Crippen LogP contribution in [0.15, 0.2) is 35.1 Å². The fourth-order valence-corrected chi connectivity index (χ4v) is 3.39. The van der Waals surface area contributed by atoms with Gasteiger partial charge in [0.2, 0.25) is 5.91 Å². The number of nitrogens with zero attached hydrogens (tertiary/aromatic N) is 2. The lowest BCUT2D eigenvalue weighted by atomic mass is 9.86. The van der Waals surface area contributed by atoms with Gasteiger partial charge in [-0.15, -0.1) is 0 Å². The van der Waals surface area contributed by atoms with Gasteiger partial charge in [-0.25, -0.2) is 9.48 Å². The molecule has 3 amide bonds. The molecule has 0 aliphatic heterocycles. The average Bonchev–Trinajstić information content (AvgIpc) is 3.05. The van der Waals surface area contributed by atoms with Gasteiger partial charge in [0.15, 0.2) is 0 Å². The lowest BCUT2D eigenvalue weighted by Gasteiger charge is -2.26. The summed E-state index contributed by atoms with van der Waals surface area (Å²) in [7, 11) is 1.40. The first-order valence-electron chi connectivity index (χ1n) is 10.4. The molecule has 2 rings (SSSR count). The van der Waals surface area contributed by atoms with Crippen LogP contribution in [0.4, 0.5) is 32.4 Å². The molecular formula is C21H24F5N5O5. The standard InChI is InChI=1S/C21H24F5N5O5/c1-30-14(7-8-27-18(34)21(24,25)26)16(17(33)31(30)13-5-3-2-4-6-13)29-15(32)9-20(10-22,11-23)12-28-19(35)36/h2-6,28H,7-12H2,1H3,(H,27,34)(H,29,32)(H,35,36). The van der Waals surface area contributed by atoms with Gasteiger partial charge >= 0.3 is 18.2 Å². The zero-order valence-electron chi connectivity index (χ0n) is 19.0. The Morgan fingerprint density at radius 2 is 1.64 bits per heavy atom. The van der Waals surface area contributed by atoms with E-state index in [4.69, 9.17) is 5.11 Å². The maximum Gasteiger partial charge on any atom is 0.471 e. The van der Waals surface area contributed by atoms with Crippen LogP contribution >= 0.6 is 0 Å². The van der Waals surface area contributed by atoms with Crippen LogP contribution in [0.3, 0.4) is 0 Å². The molecule has 0 bridgehead atoms. The van der Waals surface area contributed by atoms with E-state index in [0.29, 0.717) is 5.69 Å². The van der Waals surface area contributed by atoms with Crippen molar-refractivity contribution in [2.75, 3.05) is 31.8 Å². The summed E-state index contributed by atoms with van der Waals surface area (Å²) in [4.78, 5) is 47.7. The van der Waals surface area contributed by atoms with E-state index < -0.39 is 67.9 Å². The molecule has 0 atom stereocenters. The van der Waals surface area contributed by atoms with Crippen LogP contribution in [0.25, 0.3) is 5.69 Å². The van der Waals surface area contributed by atoms with Crippen molar-refractivity contribution in [1.82, 2.24) is 20.0 Å². The van der Waals surface area contributed by atoms with Gasteiger partial charge in [0, 0.05) is 33.0 Å². The van der Waals surface area contributed by atoms with E-state index in [-0.39, 0.29) is 17.8 Å². The fourth-order valence-electron chi connectivity index (χ4n) is 3.39. The Labute approximate surface area is 201 Å². The second-order valence-electron chi connectivity index (χ2n) is 7.95. The van der Waals surface area contributed by atoms with Crippen molar-refractivity contribution >= 4 is 23.6 Å². The van der Waals surface area contributed by atoms with Crippen molar-refractivity contribution in [3.63, 3.8) is 0 Å². The Kier molecular flexibility index (Phi) is 9.19. The first kappa shape index (κ1) is 28.3. The minimum atomic E-state index is -5.12. The molecule has 36 heavy (non-hydrogen) atoms. The van der Waals surface area contributed by atoms with Crippen LogP contribution in [0.1, 0.15) is 12.1 Å². The lowest BCUT2D eigenvalue weighted by Crippen LogP contribution is -2.43. The number of nitrogens with one attached hydrogen (secondary N) is 3. The van der Waals surface area contributed by atoms with Gasteiger partial charge < -0.3 is 21.1 Å². The third-order valence-electron chi connectivity index (χ3n) is 5.27. The van der Waals surface area contributed by atoms with Crippen LogP contribution in [0.2, 0.25) is 0 Å². The second kappa shape index (κ2) is 11.7. The molecule has 10 nitrogen and oxygen atoms in total. The van der Waals surface area contributed by atoms with Crippen LogP contribution in [-0.4, -0.2) is 65.0 Å². The normalized spacial score (nSPS) is 11.7. The fraction of sp³-hybridized carbons (Fsp3) is 0.429. The largest absolute Gasteiger partial charge is 0.471 e. The SMILES string of the molecule is Cn1c(CCNC(=O)C(F)(F)F)c(NC(=O)CC(CF)(CF)CNC(=O)O)c(=O)n1-c1ccccc1. The molecular weight excluding hydrogens is 497 g/mol. The van der Waals surface area contributed by atoms with Crippen LogP contribution in [0, 0.1) is 5.41 Å². The second-order valence-corrected chi connectivity index (χ2v) is 7.95. The molecule has 0 spiro atoms. The Morgan fingerprint density at radius 1 is 1.03 bits per heavy atom. The van der Waals surface area contributed by atoms with Crippen LogP contribution in [0.5, 0.6) is 0 Å². The van der Waals surface area contributed by atoms with Crippen molar-refractivity contribution in [2.24, 2.45) is 12.5 Å². The van der Waals surface area contributed by atoms with Gasteiger partial charge in [0.05, 0.1) is 30.1 Å². The summed E-state index contributed by atoms with van der Waals surface area (Å²) in [6.07, 6.45) is -7.84. The summed E-state index contributed by atoms with van der Waals surface area (Å²) in [6.45, 7) is -4.05. The number of benzene rings is 1. The molecule has 1 aromatic heterocycles. The minimum Gasteiger partial charge on any atom is -0.465 e. The highest BCUT2D eigenvalue weighted by Gasteiger charge is 2.38. The van der Waals surface area contributed by atoms with E-state index in [9.17, 15) is 41.1 Å². The molecule has 15 heteroatoms. The van der Waals surface area contributed by atoms with E-state index in [1.165, 1.54) is 11.7 Å². The maximum absolute atomic E-state index is 13.6. The molecule has 1 aromatic carbocycles. The van der Waals surface area contributed by atoms with Crippen molar-refractivity contribution in [3.8, 4) is 5.69 Å². The number of amides is 3.